The lowest BCUT2D eigenvalue weighted by Gasteiger charge is -2.57. The normalized spacial score (nSPS) is 32.6. The van der Waals surface area contributed by atoms with Crippen molar-refractivity contribution in [2.75, 3.05) is 5.84 Å². The molecule has 6 rings (SSSR count). The van der Waals surface area contributed by atoms with Gasteiger partial charge in [0.05, 0.1) is 11.5 Å². The van der Waals surface area contributed by atoms with E-state index in [-0.39, 0.29) is 16.7 Å². The quantitative estimate of drug-likeness (QED) is 0.605. The molecule has 1 atom stereocenters. The molecule has 0 saturated heterocycles. The summed E-state index contributed by atoms with van der Waals surface area (Å²) in [6.45, 7) is 1.90. The first-order valence-electron chi connectivity index (χ1n) is 9.74. The number of amides is 1. The highest BCUT2D eigenvalue weighted by Gasteiger charge is 2.51. The van der Waals surface area contributed by atoms with E-state index >= 15 is 0 Å². The van der Waals surface area contributed by atoms with Gasteiger partial charge in [0.1, 0.15) is 0 Å². The van der Waals surface area contributed by atoms with Crippen molar-refractivity contribution in [3.63, 3.8) is 0 Å². The van der Waals surface area contributed by atoms with Crippen LogP contribution < -0.4 is 11.2 Å². The number of nitrogens with one attached hydrogen (secondary N) is 1. The van der Waals surface area contributed by atoms with Crippen molar-refractivity contribution < 1.29 is 9.21 Å². The number of aromatic nitrogens is 3. The molecule has 4 saturated carbocycles. The number of carbonyl (C=O) groups excluding carboxylic acids is 1. The van der Waals surface area contributed by atoms with Gasteiger partial charge in [-0.2, -0.15) is 0 Å². The molecule has 0 aliphatic heterocycles. The van der Waals surface area contributed by atoms with Crippen LogP contribution in [0.5, 0.6) is 0 Å². The maximum atomic E-state index is 12.9. The first-order chi connectivity index (χ1) is 13.0. The summed E-state index contributed by atoms with van der Waals surface area (Å²) in [7, 11) is 0. The van der Waals surface area contributed by atoms with Crippen molar-refractivity contribution in [2.24, 2.45) is 17.8 Å². The van der Waals surface area contributed by atoms with E-state index in [0.29, 0.717) is 16.7 Å². The van der Waals surface area contributed by atoms with Gasteiger partial charge in [-0.25, -0.2) is 4.68 Å². The van der Waals surface area contributed by atoms with Gasteiger partial charge in [-0.1, -0.05) is 11.8 Å². The largest absolute Gasteiger partial charge is 0.461 e. The predicted octanol–water partition coefficient (Wildman–Crippen LogP) is 2.82. The SMILES string of the molecule is C[C@H](Sc1nnc(-c2ccco2)n1N)C(=O)NC12CC3CC(CC(C3)C1)C2. The van der Waals surface area contributed by atoms with E-state index in [1.54, 1.807) is 18.4 Å². The maximum Gasteiger partial charge on any atom is 0.233 e. The van der Waals surface area contributed by atoms with Gasteiger partial charge < -0.3 is 15.6 Å². The third kappa shape index (κ3) is 3.03. The zero-order valence-corrected chi connectivity index (χ0v) is 16.2. The van der Waals surface area contributed by atoms with Gasteiger partial charge in [0, 0.05) is 5.54 Å². The summed E-state index contributed by atoms with van der Waals surface area (Å²) in [5, 5.41) is 11.9. The van der Waals surface area contributed by atoms with Gasteiger partial charge in [0.15, 0.2) is 5.76 Å². The third-order valence-corrected chi connectivity index (χ3v) is 7.54. The number of carbonyl (C=O) groups is 1. The van der Waals surface area contributed by atoms with Gasteiger partial charge in [-0.05, 0) is 75.3 Å². The molecule has 4 aliphatic rings. The van der Waals surface area contributed by atoms with E-state index in [0.717, 1.165) is 37.0 Å². The van der Waals surface area contributed by atoms with Crippen LogP contribution in [0.2, 0.25) is 0 Å². The molecule has 2 aromatic heterocycles. The maximum absolute atomic E-state index is 12.9. The highest BCUT2D eigenvalue weighted by Crippen LogP contribution is 2.55. The molecule has 0 aromatic carbocycles. The zero-order chi connectivity index (χ0) is 18.6. The van der Waals surface area contributed by atoms with Gasteiger partial charge in [-0.15, -0.1) is 10.2 Å². The fourth-order valence-electron chi connectivity index (χ4n) is 5.77. The summed E-state index contributed by atoms with van der Waals surface area (Å²) < 4.78 is 6.72. The fourth-order valence-corrected chi connectivity index (χ4v) is 6.54. The average molecular weight is 388 g/mol. The van der Waals surface area contributed by atoms with Crippen LogP contribution >= 0.6 is 11.8 Å². The standard InChI is InChI=1S/C19H25N5O2S/c1-11(27-18-23-22-16(24(18)20)15-3-2-4-26-15)17(25)21-19-8-12-5-13(9-19)7-14(6-12)10-19/h2-4,11-14H,5-10,20H2,1H3,(H,21,25)/t11-,12?,13?,14?,19?/m0/s1. The summed E-state index contributed by atoms with van der Waals surface area (Å²) in [5.74, 6) is 9.62. The Labute approximate surface area is 162 Å². The number of thioether (sulfide) groups is 1. The topological polar surface area (TPSA) is 99.0 Å². The van der Waals surface area contributed by atoms with Crippen LogP contribution in [0.25, 0.3) is 11.6 Å². The molecule has 2 aromatic rings. The van der Waals surface area contributed by atoms with Gasteiger partial charge in [0.2, 0.25) is 16.9 Å². The molecule has 144 valence electrons. The van der Waals surface area contributed by atoms with E-state index in [1.165, 1.54) is 35.7 Å². The van der Waals surface area contributed by atoms with Gasteiger partial charge in [-0.3, -0.25) is 4.79 Å². The number of nitrogen functional groups attached to an aromatic ring is 1. The fraction of sp³-hybridized carbons (Fsp3) is 0.632. The lowest BCUT2D eigenvalue weighted by Crippen LogP contribution is -2.60. The van der Waals surface area contributed by atoms with Gasteiger partial charge >= 0.3 is 0 Å². The second-order valence-corrected chi connectivity index (χ2v) is 9.91. The zero-order valence-electron chi connectivity index (χ0n) is 15.4. The van der Waals surface area contributed by atoms with E-state index in [4.69, 9.17) is 10.3 Å². The highest BCUT2D eigenvalue weighted by atomic mass is 32.2. The summed E-state index contributed by atoms with van der Waals surface area (Å²) in [5.41, 5.74) is 0.0242. The number of furan rings is 1. The van der Waals surface area contributed by atoms with Crippen molar-refractivity contribution in [3.05, 3.63) is 18.4 Å². The van der Waals surface area contributed by atoms with Gasteiger partial charge in [0.25, 0.3) is 0 Å². The van der Waals surface area contributed by atoms with Crippen molar-refractivity contribution in [2.45, 2.75) is 61.4 Å². The molecule has 7 nitrogen and oxygen atoms in total. The molecule has 1 amide bonds. The number of rotatable bonds is 5. The second kappa shape index (κ2) is 6.29. The molecule has 3 N–H and O–H groups in total. The van der Waals surface area contributed by atoms with E-state index in [9.17, 15) is 4.79 Å². The summed E-state index contributed by atoms with van der Waals surface area (Å²) >= 11 is 1.34. The van der Waals surface area contributed by atoms with Crippen molar-refractivity contribution >= 4 is 17.7 Å². The molecule has 8 heteroatoms. The Morgan fingerprint density at radius 2 is 1.96 bits per heavy atom. The second-order valence-electron chi connectivity index (χ2n) is 8.60. The van der Waals surface area contributed by atoms with Crippen molar-refractivity contribution in [1.29, 1.82) is 0 Å². The minimum Gasteiger partial charge on any atom is -0.461 e. The van der Waals surface area contributed by atoms with Crippen LogP contribution in [0, 0.1) is 17.8 Å². The van der Waals surface area contributed by atoms with Crippen molar-refractivity contribution in [3.8, 4) is 11.6 Å². The highest BCUT2D eigenvalue weighted by molar-refractivity contribution is 8.00. The van der Waals surface area contributed by atoms with E-state index < -0.39 is 0 Å². The molecule has 27 heavy (non-hydrogen) atoms. The Morgan fingerprint density at radius 1 is 1.30 bits per heavy atom. The molecule has 0 spiro atoms. The molecular weight excluding hydrogens is 362 g/mol. The minimum absolute atomic E-state index is 0.0242. The summed E-state index contributed by atoms with van der Waals surface area (Å²) in [6.07, 6.45) is 9.12. The summed E-state index contributed by atoms with van der Waals surface area (Å²) in [6, 6.07) is 3.56. The first kappa shape index (κ1) is 17.2. The lowest BCUT2D eigenvalue weighted by atomic mass is 9.53. The molecule has 0 radical (unpaired) electrons. The lowest BCUT2D eigenvalue weighted by molar-refractivity contribution is -0.126. The smallest absolute Gasteiger partial charge is 0.233 e. The Bertz CT molecular complexity index is 811. The minimum atomic E-state index is -0.283. The van der Waals surface area contributed by atoms with E-state index in [1.807, 2.05) is 6.92 Å². The molecule has 0 unspecified atom stereocenters. The molecule has 2 heterocycles. The molecule has 4 bridgehead atoms. The molecule has 4 fully saturated rings. The van der Waals surface area contributed by atoms with E-state index in [2.05, 4.69) is 15.5 Å². The Hall–Kier alpha value is -1.96. The van der Waals surface area contributed by atoms with Crippen LogP contribution in [0.15, 0.2) is 28.0 Å². The number of hydrogen-bond donors (Lipinski definition) is 2. The van der Waals surface area contributed by atoms with Crippen LogP contribution in [0.1, 0.15) is 45.4 Å². The Balaban J connectivity index is 1.27. The molecular formula is C19H25N5O2S. The van der Waals surface area contributed by atoms with Crippen LogP contribution in [-0.4, -0.2) is 31.6 Å². The number of nitrogens with two attached hydrogens (primary N) is 1. The Kier molecular flexibility index (Phi) is 4.00. The molecule has 4 aliphatic carbocycles. The average Bonchev–Trinajstić information content (AvgIpc) is 3.24. The monoisotopic (exact) mass is 387 g/mol. The Morgan fingerprint density at radius 3 is 2.56 bits per heavy atom. The van der Waals surface area contributed by atoms with Crippen LogP contribution in [0.3, 0.4) is 0 Å². The summed E-state index contributed by atoms with van der Waals surface area (Å²) in [4.78, 5) is 12.9. The van der Waals surface area contributed by atoms with Crippen LogP contribution in [-0.2, 0) is 4.79 Å². The van der Waals surface area contributed by atoms with Crippen LogP contribution in [0.4, 0.5) is 0 Å². The number of hydrogen-bond acceptors (Lipinski definition) is 6. The predicted molar refractivity (Wildman–Crippen MR) is 102 cm³/mol. The van der Waals surface area contributed by atoms with Crippen molar-refractivity contribution in [1.82, 2.24) is 20.2 Å². The first-order valence-corrected chi connectivity index (χ1v) is 10.6. The third-order valence-electron chi connectivity index (χ3n) is 6.48. The number of nitrogens with zero attached hydrogens (tertiary/aromatic N) is 3.